The smallest absolute Gasteiger partial charge is 0.241 e. The van der Waals surface area contributed by atoms with Gasteiger partial charge in [0.05, 0.1) is 0 Å². The lowest BCUT2D eigenvalue weighted by Gasteiger charge is -2.03. The van der Waals surface area contributed by atoms with E-state index >= 15 is 0 Å². The number of nitrogen functional groups attached to an aromatic ring is 1. The third-order valence-electron chi connectivity index (χ3n) is 1.96. The van der Waals surface area contributed by atoms with Crippen molar-refractivity contribution in [1.82, 2.24) is 20.1 Å². The van der Waals surface area contributed by atoms with E-state index in [-0.39, 0.29) is 18.4 Å². The number of nitrogens with zero attached hydrogens (tertiary/aromatic N) is 3. The Hall–Kier alpha value is -1.59. The van der Waals surface area contributed by atoms with Crippen LogP contribution in [0.25, 0.3) is 0 Å². The van der Waals surface area contributed by atoms with Gasteiger partial charge in [-0.05, 0) is 6.42 Å². The van der Waals surface area contributed by atoms with E-state index in [1.54, 1.807) is 0 Å². The average Bonchev–Trinajstić information content (AvgIpc) is 2.59. The Kier molecular flexibility index (Phi) is 4.59. The molecule has 1 aromatic heterocycles. The molecular formula is C9H17N5O. The van der Waals surface area contributed by atoms with Crippen LogP contribution in [0.1, 0.15) is 26.2 Å². The first-order chi connectivity index (χ1) is 7.22. The molecule has 0 aromatic carbocycles. The zero-order chi connectivity index (χ0) is 11.1. The van der Waals surface area contributed by atoms with Gasteiger partial charge in [0.25, 0.3) is 0 Å². The summed E-state index contributed by atoms with van der Waals surface area (Å²) in [6.45, 7) is 3.02. The summed E-state index contributed by atoms with van der Waals surface area (Å²) in [6.07, 6.45) is 4.74. The molecule has 0 aliphatic heterocycles. The van der Waals surface area contributed by atoms with Crippen LogP contribution in [0.2, 0.25) is 0 Å². The third kappa shape index (κ3) is 4.44. The van der Waals surface area contributed by atoms with Crippen LogP contribution in [0.4, 0.5) is 5.95 Å². The molecule has 0 radical (unpaired) electrons. The zero-order valence-corrected chi connectivity index (χ0v) is 8.94. The van der Waals surface area contributed by atoms with Gasteiger partial charge in [-0.2, -0.15) is 0 Å². The van der Waals surface area contributed by atoms with Crippen LogP contribution in [0.15, 0.2) is 6.33 Å². The largest absolute Gasteiger partial charge is 0.367 e. The second kappa shape index (κ2) is 6.00. The summed E-state index contributed by atoms with van der Waals surface area (Å²) in [6, 6.07) is 0. The number of rotatable bonds is 6. The summed E-state index contributed by atoms with van der Waals surface area (Å²) in [7, 11) is 0. The molecule has 0 saturated carbocycles. The molecule has 3 N–H and O–H groups in total. The van der Waals surface area contributed by atoms with Gasteiger partial charge in [-0.3, -0.25) is 4.79 Å². The Balaban J connectivity index is 2.18. The molecule has 0 spiro atoms. The second-order valence-electron chi connectivity index (χ2n) is 3.36. The molecule has 0 atom stereocenters. The Labute approximate surface area is 88.9 Å². The van der Waals surface area contributed by atoms with Crippen molar-refractivity contribution in [3.05, 3.63) is 6.33 Å². The molecule has 15 heavy (non-hydrogen) atoms. The molecule has 6 heteroatoms. The number of nitrogens with one attached hydrogen (secondary N) is 1. The van der Waals surface area contributed by atoms with Crippen molar-refractivity contribution in [2.45, 2.75) is 32.7 Å². The summed E-state index contributed by atoms with van der Waals surface area (Å²) in [5, 5.41) is 6.62. The molecular weight excluding hydrogens is 194 g/mol. The number of nitrogens with two attached hydrogens (primary N) is 1. The highest BCUT2D eigenvalue weighted by Crippen LogP contribution is 1.92. The fraction of sp³-hybridized carbons (Fsp3) is 0.667. The van der Waals surface area contributed by atoms with E-state index in [1.165, 1.54) is 11.0 Å². The van der Waals surface area contributed by atoms with Gasteiger partial charge in [0.2, 0.25) is 11.9 Å². The first-order valence-electron chi connectivity index (χ1n) is 5.14. The van der Waals surface area contributed by atoms with Gasteiger partial charge in [0, 0.05) is 6.54 Å². The minimum Gasteiger partial charge on any atom is -0.367 e. The van der Waals surface area contributed by atoms with Crippen molar-refractivity contribution in [2.75, 3.05) is 12.3 Å². The van der Waals surface area contributed by atoms with Crippen molar-refractivity contribution >= 4 is 11.9 Å². The number of aromatic nitrogens is 3. The predicted molar refractivity (Wildman–Crippen MR) is 57.0 cm³/mol. The van der Waals surface area contributed by atoms with Gasteiger partial charge >= 0.3 is 0 Å². The molecule has 1 aromatic rings. The first kappa shape index (κ1) is 11.5. The Morgan fingerprint density at radius 3 is 3.00 bits per heavy atom. The summed E-state index contributed by atoms with van der Waals surface area (Å²) in [5.41, 5.74) is 5.32. The molecule has 0 bridgehead atoms. The maximum atomic E-state index is 11.3. The van der Waals surface area contributed by atoms with E-state index < -0.39 is 0 Å². The molecule has 0 saturated heterocycles. The molecule has 0 aliphatic carbocycles. The lowest BCUT2D eigenvalue weighted by atomic mass is 10.2. The first-order valence-corrected chi connectivity index (χ1v) is 5.14. The highest BCUT2D eigenvalue weighted by atomic mass is 16.2. The van der Waals surface area contributed by atoms with Crippen LogP contribution in [0.3, 0.4) is 0 Å². The number of hydrogen-bond acceptors (Lipinski definition) is 4. The third-order valence-corrected chi connectivity index (χ3v) is 1.96. The Bertz CT molecular complexity index is 309. The maximum Gasteiger partial charge on any atom is 0.241 e. The molecule has 0 unspecified atom stereocenters. The molecule has 0 fully saturated rings. The maximum absolute atomic E-state index is 11.3. The molecule has 1 amide bonds. The summed E-state index contributed by atoms with van der Waals surface area (Å²) < 4.78 is 1.42. The quantitative estimate of drug-likeness (QED) is 0.657. The van der Waals surface area contributed by atoms with Crippen molar-refractivity contribution < 1.29 is 4.79 Å². The van der Waals surface area contributed by atoms with Gasteiger partial charge in [0.15, 0.2) is 0 Å². The van der Waals surface area contributed by atoms with Crippen molar-refractivity contribution in [1.29, 1.82) is 0 Å². The van der Waals surface area contributed by atoms with Crippen molar-refractivity contribution in [2.24, 2.45) is 0 Å². The number of amides is 1. The van der Waals surface area contributed by atoms with Crippen LogP contribution in [-0.4, -0.2) is 27.2 Å². The van der Waals surface area contributed by atoms with Crippen molar-refractivity contribution in [3.63, 3.8) is 0 Å². The van der Waals surface area contributed by atoms with E-state index in [0.717, 1.165) is 25.8 Å². The van der Waals surface area contributed by atoms with E-state index in [1.807, 2.05) is 0 Å². The predicted octanol–water partition coefficient (Wildman–Crippen LogP) is 0.167. The van der Waals surface area contributed by atoms with E-state index in [2.05, 4.69) is 22.3 Å². The van der Waals surface area contributed by atoms with E-state index in [0.29, 0.717) is 0 Å². The standard InChI is InChI=1S/C9H17N5O/c1-2-3-4-5-11-8(15)6-14-7-12-9(10)13-14/h7H,2-6H2,1H3,(H2,10,13)(H,11,15). The fourth-order valence-corrected chi connectivity index (χ4v) is 1.19. The van der Waals surface area contributed by atoms with Crippen LogP contribution in [-0.2, 0) is 11.3 Å². The second-order valence-corrected chi connectivity index (χ2v) is 3.36. The minimum atomic E-state index is -0.0593. The number of carbonyl (C=O) groups is 1. The van der Waals surface area contributed by atoms with E-state index in [4.69, 9.17) is 5.73 Å². The molecule has 1 heterocycles. The highest BCUT2D eigenvalue weighted by molar-refractivity contribution is 5.75. The van der Waals surface area contributed by atoms with Crippen LogP contribution in [0.5, 0.6) is 0 Å². The molecule has 0 aliphatic rings. The summed E-state index contributed by atoms with van der Waals surface area (Å²) in [4.78, 5) is 15.1. The minimum absolute atomic E-state index is 0.0593. The topological polar surface area (TPSA) is 85.8 Å². The highest BCUT2D eigenvalue weighted by Gasteiger charge is 2.03. The van der Waals surface area contributed by atoms with Gasteiger partial charge in [-0.15, -0.1) is 5.10 Å². The number of carbonyl (C=O) groups excluding carboxylic acids is 1. The molecule has 6 nitrogen and oxygen atoms in total. The van der Waals surface area contributed by atoms with Gasteiger partial charge in [-0.1, -0.05) is 19.8 Å². The van der Waals surface area contributed by atoms with Gasteiger partial charge in [-0.25, -0.2) is 9.67 Å². The normalized spacial score (nSPS) is 10.2. The molecule has 84 valence electrons. The Morgan fingerprint density at radius 1 is 1.60 bits per heavy atom. The number of unbranched alkanes of at least 4 members (excludes halogenated alkanes) is 2. The van der Waals surface area contributed by atoms with Gasteiger partial charge in [0.1, 0.15) is 12.9 Å². The number of hydrogen-bond donors (Lipinski definition) is 2. The number of anilines is 1. The summed E-state index contributed by atoms with van der Waals surface area (Å²) >= 11 is 0. The Morgan fingerprint density at radius 2 is 2.40 bits per heavy atom. The average molecular weight is 211 g/mol. The van der Waals surface area contributed by atoms with E-state index in [9.17, 15) is 4.79 Å². The zero-order valence-electron chi connectivity index (χ0n) is 8.94. The monoisotopic (exact) mass is 211 g/mol. The lowest BCUT2D eigenvalue weighted by molar-refractivity contribution is -0.121. The SMILES string of the molecule is CCCCCNC(=O)Cn1cnc(N)n1. The fourth-order valence-electron chi connectivity index (χ4n) is 1.19. The lowest BCUT2D eigenvalue weighted by Crippen LogP contribution is -2.28. The van der Waals surface area contributed by atoms with Crippen LogP contribution in [0, 0.1) is 0 Å². The van der Waals surface area contributed by atoms with Crippen molar-refractivity contribution in [3.8, 4) is 0 Å². The summed E-state index contributed by atoms with van der Waals surface area (Å²) in [5.74, 6) is 0.129. The van der Waals surface area contributed by atoms with Gasteiger partial charge < -0.3 is 11.1 Å². The molecule has 1 rings (SSSR count). The van der Waals surface area contributed by atoms with Crippen LogP contribution >= 0.6 is 0 Å². The van der Waals surface area contributed by atoms with Crippen LogP contribution < -0.4 is 11.1 Å².